The molecule has 33 heavy (non-hydrogen) atoms. The summed E-state index contributed by atoms with van der Waals surface area (Å²) in [5.41, 5.74) is 2.50. The lowest BCUT2D eigenvalue weighted by molar-refractivity contribution is 0.0951. The maximum absolute atomic E-state index is 13.6. The first-order valence-electron chi connectivity index (χ1n) is 10.2. The molecule has 1 amide bonds. The molecule has 0 radical (unpaired) electrons. The van der Waals surface area contributed by atoms with Gasteiger partial charge in [-0.25, -0.2) is 13.6 Å². The molecule has 0 saturated carbocycles. The number of aromatic nitrogens is 1. The van der Waals surface area contributed by atoms with Crippen LogP contribution in [0.25, 0.3) is 0 Å². The molecule has 0 aliphatic carbocycles. The highest BCUT2D eigenvalue weighted by molar-refractivity contribution is 7.88. The number of rotatable bonds is 6. The number of ether oxygens (including phenoxy) is 1. The van der Waals surface area contributed by atoms with E-state index in [0.29, 0.717) is 28.3 Å². The predicted octanol–water partition coefficient (Wildman–Crippen LogP) is 3.07. The highest BCUT2D eigenvalue weighted by atomic mass is 32.2. The van der Waals surface area contributed by atoms with E-state index in [4.69, 9.17) is 4.74 Å². The van der Waals surface area contributed by atoms with Crippen LogP contribution >= 0.6 is 0 Å². The fourth-order valence-electron chi connectivity index (χ4n) is 3.66. The fourth-order valence-corrected chi connectivity index (χ4v) is 5.04. The largest absolute Gasteiger partial charge is 0.481 e. The monoisotopic (exact) mass is 467 g/mol. The van der Waals surface area contributed by atoms with Gasteiger partial charge in [-0.2, -0.15) is 0 Å². The number of carbonyl (C=O) groups excluding carboxylic acids is 2. The third-order valence-corrected chi connectivity index (χ3v) is 7.04. The molecule has 9 heteroatoms. The molecule has 0 bridgehead atoms. The second-order valence-corrected chi connectivity index (χ2v) is 9.25. The summed E-state index contributed by atoms with van der Waals surface area (Å²) in [5.74, 6) is -0.619. The lowest BCUT2D eigenvalue weighted by Crippen LogP contribution is -2.42. The van der Waals surface area contributed by atoms with E-state index in [-0.39, 0.29) is 24.7 Å². The summed E-state index contributed by atoms with van der Waals surface area (Å²) < 4.78 is 33.1. The van der Waals surface area contributed by atoms with E-state index >= 15 is 0 Å². The molecule has 2 unspecified atom stereocenters. The maximum Gasteiger partial charge on any atom is 0.251 e. The molecule has 7 nitrogen and oxygen atoms in total. The molecule has 0 spiro atoms. The molecular weight excluding hydrogens is 445 g/mol. The summed E-state index contributed by atoms with van der Waals surface area (Å²) in [7, 11) is 1.53. The number of halogens is 1. The Balaban J connectivity index is 1.53. The van der Waals surface area contributed by atoms with Crippen LogP contribution in [-0.4, -0.2) is 40.3 Å². The highest BCUT2D eigenvalue weighted by Gasteiger charge is 2.37. The van der Waals surface area contributed by atoms with Crippen LogP contribution in [-0.2, 0) is 24.0 Å². The van der Waals surface area contributed by atoms with Crippen LogP contribution in [0.2, 0.25) is 0 Å². The van der Waals surface area contributed by atoms with Crippen molar-refractivity contribution in [3.63, 3.8) is 0 Å². The van der Waals surface area contributed by atoms with Crippen molar-refractivity contribution in [1.82, 2.24) is 10.3 Å². The Morgan fingerprint density at radius 3 is 2.70 bits per heavy atom. The molecule has 170 valence electrons. The van der Waals surface area contributed by atoms with E-state index in [9.17, 15) is 18.2 Å². The number of nitrogens with zero attached hydrogens (tertiary/aromatic N) is 2. The molecule has 2 aromatic carbocycles. The van der Waals surface area contributed by atoms with Crippen molar-refractivity contribution in [3.8, 4) is 5.88 Å². The second kappa shape index (κ2) is 9.50. The van der Waals surface area contributed by atoms with Crippen molar-refractivity contribution in [3.05, 3.63) is 88.9 Å². The van der Waals surface area contributed by atoms with Crippen molar-refractivity contribution in [2.45, 2.75) is 18.2 Å². The molecule has 1 aliphatic rings. The quantitative estimate of drug-likeness (QED) is 0.602. The van der Waals surface area contributed by atoms with Gasteiger partial charge in [-0.1, -0.05) is 18.2 Å². The number of fused-ring (bicyclic) bond motifs is 1. The van der Waals surface area contributed by atoms with Crippen LogP contribution in [0.4, 0.5) is 10.1 Å². The minimum absolute atomic E-state index is 0.133. The summed E-state index contributed by atoms with van der Waals surface area (Å²) in [6.45, 7) is 0.257. The summed E-state index contributed by atoms with van der Waals surface area (Å²) in [4.78, 5) is 30.0. The van der Waals surface area contributed by atoms with Gasteiger partial charge >= 0.3 is 0 Å². The van der Waals surface area contributed by atoms with Crippen LogP contribution < -0.4 is 14.4 Å². The number of nitrogens with one attached hydrogen (secondary N) is 1. The second-order valence-electron chi connectivity index (χ2n) is 7.58. The Morgan fingerprint density at radius 2 is 2.00 bits per heavy atom. The van der Waals surface area contributed by atoms with E-state index in [1.165, 1.54) is 29.6 Å². The zero-order valence-electron chi connectivity index (χ0n) is 18.1. The fraction of sp³-hybridized carbons (Fsp3) is 0.208. The van der Waals surface area contributed by atoms with Crippen LogP contribution in [0.5, 0.6) is 5.88 Å². The molecular formula is C24H22FN3O4S. The summed E-state index contributed by atoms with van der Waals surface area (Å²) in [6, 6.07) is 14.1. The van der Waals surface area contributed by atoms with Gasteiger partial charge in [0.2, 0.25) is 5.88 Å². The van der Waals surface area contributed by atoms with Crippen molar-refractivity contribution in [2.75, 3.05) is 18.5 Å². The van der Waals surface area contributed by atoms with Crippen molar-refractivity contribution in [2.24, 2.45) is 0 Å². The molecule has 1 aliphatic heterocycles. The van der Waals surface area contributed by atoms with Gasteiger partial charge in [-0.05, 0) is 47.9 Å². The molecule has 1 N–H and O–H groups in total. The van der Waals surface area contributed by atoms with Crippen LogP contribution in [0.3, 0.4) is 0 Å². The van der Waals surface area contributed by atoms with Gasteiger partial charge < -0.3 is 10.1 Å². The lowest BCUT2D eigenvalue weighted by atomic mass is 9.98. The molecule has 3 aromatic rings. The number of hydrogen-bond donors (Lipinski definition) is 1. The maximum atomic E-state index is 13.6. The Bertz CT molecular complexity index is 1230. The van der Waals surface area contributed by atoms with E-state index in [1.807, 2.05) is 0 Å². The standard InChI is InChI=1S/C24H22FN3O4S/c1-28-20-8-7-17(24(30)27-14-16-6-9-22(32-2)26-13-16)12-19(20)23(29)21(33(28)31)11-15-4-3-5-18(25)10-15/h3-10,12-13,21H,11,14H2,1-2H3,(H,27,30). The van der Waals surface area contributed by atoms with Crippen molar-refractivity contribution >= 4 is 28.4 Å². The smallest absolute Gasteiger partial charge is 0.251 e. The Morgan fingerprint density at radius 1 is 1.18 bits per heavy atom. The number of amides is 1. The zero-order chi connectivity index (χ0) is 23.5. The van der Waals surface area contributed by atoms with E-state index in [1.54, 1.807) is 49.6 Å². The summed E-state index contributed by atoms with van der Waals surface area (Å²) in [6.07, 6.45) is 1.74. The van der Waals surface area contributed by atoms with Crippen molar-refractivity contribution < 1.29 is 22.9 Å². The van der Waals surface area contributed by atoms with Gasteiger partial charge in [0.05, 0.1) is 12.8 Å². The van der Waals surface area contributed by atoms with Gasteiger partial charge in [-0.15, -0.1) is 0 Å². The predicted molar refractivity (Wildman–Crippen MR) is 123 cm³/mol. The van der Waals surface area contributed by atoms with Gasteiger partial charge in [0, 0.05) is 37.0 Å². The molecule has 2 atom stereocenters. The number of ketones is 1. The summed E-state index contributed by atoms with van der Waals surface area (Å²) in [5, 5.41) is 1.94. The number of carbonyl (C=O) groups is 2. The first-order chi connectivity index (χ1) is 15.9. The first-order valence-corrected chi connectivity index (χ1v) is 11.4. The van der Waals surface area contributed by atoms with Gasteiger partial charge in [0.15, 0.2) is 5.78 Å². The highest BCUT2D eigenvalue weighted by Crippen LogP contribution is 2.32. The van der Waals surface area contributed by atoms with E-state index in [2.05, 4.69) is 10.3 Å². The molecule has 0 fully saturated rings. The number of Topliss-reactive ketones (excluding diaryl/α,β-unsaturated/α-hetero) is 1. The number of anilines is 1. The SMILES string of the molecule is COc1ccc(CNC(=O)c2ccc3c(c2)C(=O)C(Cc2cccc(F)c2)S(=O)N3C)cn1. The van der Waals surface area contributed by atoms with Crippen LogP contribution in [0.15, 0.2) is 60.8 Å². The third-order valence-electron chi connectivity index (χ3n) is 5.44. The molecule has 1 aromatic heterocycles. The molecule has 0 saturated heterocycles. The van der Waals surface area contributed by atoms with Crippen molar-refractivity contribution in [1.29, 1.82) is 0 Å². The van der Waals surface area contributed by atoms with Crippen LogP contribution in [0, 0.1) is 5.82 Å². The summed E-state index contributed by atoms with van der Waals surface area (Å²) >= 11 is 0. The molecule has 2 heterocycles. The Kier molecular flexibility index (Phi) is 6.50. The normalized spacial score (nSPS) is 17.4. The molecule has 4 rings (SSSR count). The van der Waals surface area contributed by atoms with E-state index < -0.39 is 22.1 Å². The number of methoxy groups -OCH3 is 1. The van der Waals surface area contributed by atoms with Gasteiger partial charge in [-0.3, -0.25) is 13.9 Å². The lowest BCUT2D eigenvalue weighted by Gasteiger charge is -2.31. The number of hydrogen-bond acceptors (Lipinski definition) is 5. The average Bonchev–Trinajstić information content (AvgIpc) is 2.83. The average molecular weight is 468 g/mol. The number of pyridine rings is 1. The van der Waals surface area contributed by atoms with Crippen LogP contribution in [0.1, 0.15) is 31.8 Å². The van der Waals surface area contributed by atoms with Gasteiger partial charge in [0.1, 0.15) is 22.1 Å². The number of benzene rings is 2. The third kappa shape index (κ3) is 4.78. The zero-order valence-corrected chi connectivity index (χ0v) is 18.9. The minimum atomic E-state index is -1.63. The Hall–Kier alpha value is -3.59. The van der Waals surface area contributed by atoms with Gasteiger partial charge in [0.25, 0.3) is 5.91 Å². The topological polar surface area (TPSA) is 88.6 Å². The first kappa shape index (κ1) is 22.6. The van der Waals surface area contributed by atoms with E-state index in [0.717, 1.165) is 5.56 Å². The minimum Gasteiger partial charge on any atom is -0.481 e. The Labute approximate surface area is 193 Å².